The molecule has 2 aromatic rings. The maximum Gasteiger partial charge on any atom is 0.188 e. The van der Waals surface area contributed by atoms with E-state index in [1.807, 2.05) is 0 Å². The summed E-state index contributed by atoms with van der Waals surface area (Å²) in [6.45, 7) is 0. The number of aliphatic hydroxyl groups excluding tert-OH is 2. The number of nitrogens with two attached hydrogens (primary N) is 1. The highest BCUT2D eigenvalue weighted by Crippen LogP contribution is 2.38. The molecule has 0 saturated carbocycles. The van der Waals surface area contributed by atoms with Gasteiger partial charge in [0.25, 0.3) is 0 Å². The van der Waals surface area contributed by atoms with Gasteiger partial charge in [-0.1, -0.05) is 23.2 Å². The molecule has 0 spiro atoms. The van der Waals surface area contributed by atoms with Crippen LogP contribution in [0.25, 0.3) is 11.0 Å². The molecule has 1 aliphatic rings. The van der Waals surface area contributed by atoms with E-state index in [9.17, 15) is 15.3 Å². The van der Waals surface area contributed by atoms with Gasteiger partial charge >= 0.3 is 0 Å². The second-order valence-electron chi connectivity index (χ2n) is 4.94. The molecule has 1 unspecified atom stereocenters. The van der Waals surface area contributed by atoms with E-state index in [1.165, 1.54) is 10.9 Å². The smallest absolute Gasteiger partial charge is 0.188 e. The van der Waals surface area contributed by atoms with Gasteiger partial charge in [-0.25, -0.2) is 4.98 Å². The van der Waals surface area contributed by atoms with E-state index in [2.05, 4.69) is 4.98 Å². The molecule has 1 aromatic heterocycles. The van der Waals surface area contributed by atoms with Crippen molar-refractivity contribution in [2.75, 3.05) is 0 Å². The van der Waals surface area contributed by atoms with Gasteiger partial charge in [0.2, 0.25) is 0 Å². The average Bonchev–Trinajstić information content (AvgIpc) is 2.90. The average molecular weight is 334 g/mol. The number of aliphatic hydroxyl groups is 3. The van der Waals surface area contributed by atoms with E-state index in [-0.39, 0.29) is 0 Å². The number of halogens is 2. The van der Waals surface area contributed by atoms with Crippen molar-refractivity contribution >= 4 is 34.2 Å². The van der Waals surface area contributed by atoms with Crippen LogP contribution in [-0.4, -0.2) is 48.4 Å². The first-order valence-electron chi connectivity index (χ1n) is 6.11. The summed E-state index contributed by atoms with van der Waals surface area (Å²) in [7, 11) is 0. The fraction of sp³-hybridized carbons (Fsp3) is 0.417. The molecule has 1 aliphatic heterocycles. The van der Waals surface area contributed by atoms with Gasteiger partial charge in [0.05, 0.1) is 17.4 Å². The summed E-state index contributed by atoms with van der Waals surface area (Å²) in [5, 5.41) is 30.1. The summed E-state index contributed by atoms with van der Waals surface area (Å²) >= 11 is 11.5. The van der Waals surface area contributed by atoms with E-state index in [4.69, 9.17) is 33.7 Å². The van der Waals surface area contributed by atoms with Gasteiger partial charge in [0, 0.05) is 5.02 Å². The van der Waals surface area contributed by atoms with Gasteiger partial charge in [0.1, 0.15) is 12.2 Å². The first-order valence-corrected chi connectivity index (χ1v) is 6.93. The van der Waals surface area contributed by atoms with Crippen molar-refractivity contribution in [3.8, 4) is 0 Å². The SMILES string of the molecule is N[C@@]1(O)[C@@H](n2cnc3ccc(Cl)cc32)O[C@@H](C(O)Cl)[C@@H]1O. The molecule has 21 heavy (non-hydrogen) atoms. The van der Waals surface area contributed by atoms with Crippen molar-refractivity contribution in [3.63, 3.8) is 0 Å². The molecule has 0 amide bonds. The van der Waals surface area contributed by atoms with Gasteiger partial charge in [0.15, 0.2) is 17.5 Å². The fourth-order valence-electron chi connectivity index (χ4n) is 2.43. The van der Waals surface area contributed by atoms with Gasteiger partial charge in [-0.2, -0.15) is 0 Å². The van der Waals surface area contributed by atoms with Gasteiger partial charge in [-0.15, -0.1) is 0 Å². The number of imidazole rings is 1. The van der Waals surface area contributed by atoms with Crippen molar-refractivity contribution in [1.82, 2.24) is 9.55 Å². The third kappa shape index (κ3) is 2.31. The third-order valence-corrected chi connectivity index (χ3v) is 4.01. The van der Waals surface area contributed by atoms with Crippen LogP contribution in [0.1, 0.15) is 6.23 Å². The summed E-state index contributed by atoms with van der Waals surface area (Å²) < 4.78 is 6.85. The highest BCUT2D eigenvalue weighted by Gasteiger charge is 2.56. The molecule has 5 N–H and O–H groups in total. The number of benzene rings is 1. The zero-order valence-electron chi connectivity index (χ0n) is 10.6. The number of ether oxygens (including phenoxy) is 1. The van der Waals surface area contributed by atoms with Crippen LogP contribution in [0.15, 0.2) is 24.5 Å². The minimum atomic E-state index is -2.14. The maximum atomic E-state index is 10.3. The first-order chi connectivity index (χ1) is 9.82. The minimum absolute atomic E-state index is 0.470. The van der Waals surface area contributed by atoms with Gasteiger partial charge in [-0.05, 0) is 18.2 Å². The Kier molecular flexibility index (Phi) is 3.61. The standard InChI is InChI=1S/C12H13Cl2N3O4/c13-5-1-2-6-7(3-5)17(4-16-6)11-12(15,20)9(18)8(21-11)10(14)19/h1-4,8-11,18-20H,15H2/t8-,9+,10?,11+,12+/m1/s1. The van der Waals surface area contributed by atoms with Crippen molar-refractivity contribution in [2.45, 2.75) is 29.7 Å². The lowest BCUT2D eigenvalue weighted by Gasteiger charge is -2.27. The van der Waals surface area contributed by atoms with Crippen LogP contribution in [0, 0.1) is 0 Å². The largest absolute Gasteiger partial charge is 0.386 e. The van der Waals surface area contributed by atoms with Crippen LogP contribution in [0.5, 0.6) is 0 Å². The molecule has 1 fully saturated rings. The summed E-state index contributed by atoms with van der Waals surface area (Å²) in [5.41, 5.74) is 3.26. The summed E-state index contributed by atoms with van der Waals surface area (Å²) in [4.78, 5) is 4.15. The monoisotopic (exact) mass is 333 g/mol. The highest BCUT2D eigenvalue weighted by molar-refractivity contribution is 6.31. The normalized spacial score (nSPS) is 34.5. The Morgan fingerprint density at radius 3 is 2.81 bits per heavy atom. The minimum Gasteiger partial charge on any atom is -0.386 e. The topological polar surface area (TPSA) is 114 Å². The molecular weight excluding hydrogens is 321 g/mol. The molecule has 9 heteroatoms. The third-order valence-electron chi connectivity index (χ3n) is 3.53. The number of hydrogen-bond acceptors (Lipinski definition) is 6. The number of aromatic nitrogens is 2. The van der Waals surface area contributed by atoms with Crippen LogP contribution in [0.2, 0.25) is 5.02 Å². The number of hydrogen-bond donors (Lipinski definition) is 4. The van der Waals surface area contributed by atoms with Crippen molar-refractivity contribution in [3.05, 3.63) is 29.5 Å². The molecule has 1 aromatic carbocycles. The van der Waals surface area contributed by atoms with Crippen molar-refractivity contribution in [1.29, 1.82) is 0 Å². The van der Waals surface area contributed by atoms with E-state index >= 15 is 0 Å². The molecule has 0 bridgehead atoms. The highest BCUT2D eigenvalue weighted by atomic mass is 35.5. The van der Waals surface area contributed by atoms with E-state index in [0.717, 1.165) is 0 Å². The molecule has 2 heterocycles. The van der Waals surface area contributed by atoms with Crippen LogP contribution >= 0.6 is 23.2 Å². The summed E-state index contributed by atoms with van der Waals surface area (Å²) in [6, 6.07) is 4.99. The molecule has 7 nitrogen and oxygen atoms in total. The number of fused-ring (bicyclic) bond motifs is 1. The van der Waals surface area contributed by atoms with E-state index < -0.39 is 29.7 Å². The number of rotatable bonds is 2. The predicted molar refractivity (Wildman–Crippen MR) is 75.7 cm³/mol. The summed E-state index contributed by atoms with van der Waals surface area (Å²) in [5.74, 6) is 0. The van der Waals surface area contributed by atoms with Gasteiger partial charge in [-0.3, -0.25) is 10.3 Å². The molecule has 0 aliphatic carbocycles. The lowest BCUT2D eigenvalue weighted by molar-refractivity contribution is -0.104. The van der Waals surface area contributed by atoms with Crippen molar-refractivity contribution < 1.29 is 20.1 Å². The first kappa shape index (κ1) is 15.0. The Morgan fingerprint density at radius 2 is 2.19 bits per heavy atom. The fourth-order valence-corrected chi connectivity index (χ4v) is 2.79. The lowest BCUT2D eigenvalue weighted by Crippen LogP contribution is -2.55. The molecule has 5 atom stereocenters. The van der Waals surface area contributed by atoms with E-state index in [1.54, 1.807) is 18.2 Å². The number of alkyl halides is 1. The zero-order valence-corrected chi connectivity index (χ0v) is 12.1. The lowest BCUT2D eigenvalue weighted by atomic mass is 10.0. The van der Waals surface area contributed by atoms with Crippen molar-refractivity contribution in [2.24, 2.45) is 5.73 Å². The molecule has 3 rings (SSSR count). The van der Waals surface area contributed by atoms with E-state index in [0.29, 0.717) is 16.1 Å². The van der Waals surface area contributed by atoms with Gasteiger partial charge < -0.3 is 20.1 Å². The summed E-state index contributed by atoms with van der Waals surface area (Å²) in [6.07, 6.45) is -2.57. The van der Waals surface area contributed by atoms with Crippen LogP contribution in [-0.2, 0) is 4.74 Å². The molecule has 1 saturated heterocycles. The van der Waals surface area contributed by atoms with Crippen LogP contribution < -0.4 is 5.73 Å². The quantitative estimate of drug-likeness (QED) is 0.459. The second-order valence-corrected chi connectivity index (χ2v) is 5.83. The zero-order chi connectivity index (χ0) is 15.4. The maximum absolute atomic E-state index is 10.3. The molecule has 0 radical (unpaired) electrons. The number of nitrogens with zero attached hydrogens (tertiary/aromatic N) is 2. The van der Waals surface area contributed by atoms with Crippen LogP contribution in [0.3, 0.4) is 0 Å². The van der Waals surface area contributed by atoms with Crippen LogP contribution in [0.4, 0.5) is 0 Å². The Morgan fingerprint density at radius 1 is 1.48 bits per heavy atom. The molecular formula is C12H13Cl2N3O4. The Bertz CT molecular complexity index is 676. The Balaban J connectivity index is 2.08. The second kappa shape index (κ2) is 5.06. The Labute approximate surface area is 129 Å². The predicted octanol–water partition coefficient (Wildman–Crippen LogP) is 0.152. The Hall–Kier alpha value is -0.930. The molecule has 114 valence electrons.